The second-order valence-corrected chi connectivity index (χ2v) is 12.9. The van der Waals surface area contributed by atoms with Crippen LogP contribution >= 0.6 is 0 Å². The highest BCUT2D eigenvalue weighted by Gasteiger charge is 2.40. The fourth-order valence-corrected chi connectivity index (χ4v) is 6.33. The van der Waals surface area contributed by atoms with Gasteiger partial charge in [0.15, 0.2) is 6.73 Å². The van der Waals surface area contributed by atoms with Crippen molar-refractivity contribution in [3.63, 3.8) is 0 Å². The number of carbonyl (C=O) groups excluding carboxylic acids is 4. The van der Waals surface area contributed by atoms with Crippen LogP contribution in [0.3, 0.4) is 0 Å². The quantitative estimate of drug-likeness (QED) is 0.0672. The third kappa shape index (κ3) is 9.09. The number of benzene rings is 5. The number of aldehydes is 1. The van der Waals surface area contributed by atoms with Gasteiger partial charge >= 0.3 is 12.1 Å². The number of hydrogen-bond acceptors (Lipinski definition) is 8. The van der Waals surface area contributed by atoms with Gasteiger partial charge in [0, 0.05) is 35.4 Å². The Morgan fingerprint density at radius 2 is 1.36 bits per heavy atom. The predicted octanol–water partition coefficient (Wildman–Crippen LogP) is 7.04. The number of alkyl carbamates (subject to hydrolysis) is 1. The van der Waals surface area contributed by atoms with E-state index in [0.29, 0.717) is 29.8 Å². The lowest BCUT2D eigenvalue weighted by Crippen LogP contribution is -2.55. The van der Waals surface area contributed by atoms with Gasteiger partial charge in [-0.25, -0.2) is 9.59 Å². The molecule has 5 aromatic carbocycles. The van der Waals surface area contributed by atoms with Crippen LogP contribution in [0.2, 0.25) is 0 Å². The van der Waals surface area contributed by atoms with Crippen LogP contribution in [0, 0.1) is 5.92 Å². The molecule has 0 saturated heterocycles. The number of fused-ring (bicyclic) bond motifs is 4. The summed E-state index contributed by atoms with van der Waals surface area (Å²) >= 11 is 0. The first-order valence-corrected chi connectivity index (χ1v) is 17.3. The first kappa shape index (κ1) is 36.4. The molecule has 0 aliphatic carbocycles. The minimum atomic E-state index is -1.70. The molecule has 7 rings (SSSR count). The molecule has 0 saturated carbocycles. The number of ether oxygens (including phenoxy) is 4. The van der Waals surface area contributed by atoms with Crippen LogP contribution in [0.1, 0.15) is 30.0 Å². The monoisotopic (exact) mass is 712 g/mol. The molecule has 0 spiro atoms. The lowest BCUT2D eigenvalue weighted by Gasteiger charge is -2.29. The van der Waals surface area contributed by atoms with Crippen molar-refractivity contribution in [2.24, 2.45) is 5.92 Å². The Morgan fingerprint density at radius 3 is 1.98 bits per heavy atom. The summed E-state index contributed by atoms with van der Waals surface area (Å²) in [5.41, 5.74) is 3.93. The van der Waals surface area contributed by atoms with Gasteiger partial charge in [0.05, 0.1) is 0 Å². The van der Waals surface area contributed by atoms with E-state index < -0.39 is 36.2 Å². The Hall–Kier alpha value is -6.42. The molecule has 1 unspecified atom stereocenters. The second-order valence-electron chi connectivity index (χ2n) is 12.9. The first-order chi connectivity index (χ1) is 25.8. The van der Waals surface area contributed by atoms with Gasteiger partial charge in [0.2, 0.25) is 12.7 Å². The van der Waals surface area contributed by atoms with Gasteiger partial charge < -0.3 is 34.4 Å². The molecular weight excluding hydrogens is 672 g/mol. The molecule has 0 radical (unpaired) electrons. The summed E-state index contributed by atoms with van der Waals surface area (Å²) in [5.74, 6) is -0.907. The predicted molar refractivity (Wildman–Crippen MR) is 199 cm³/mol. The number of nitrogens with one attached hydrogen (secondary N) is 2. The topological polar surface area (TPSA) is 129 Å². The Bertz CT molecular complexity index is 2020. The van der Waals surface area contributed by atoms with E-state index in [1.165, 1.54) is 6.92 Å². The average Bonchev–Trinajstić information content (AvgIpc) is 3.50. The number of rotatable bonds is 15. The van der Waals surface area contributed by atoms with Crippen molar-refractivity contribution in [2.45, 2.75) is 38.3 Å². The molecule has 10 nitrogen and oxygen atoms in total. The van der Waals surface area contributed by atoms with Gasteiger partial charge in [-0.05, 0) is 41.7 Å². The minimum Gasteiger partial charge on any atom is -0.457 e. The largest absolute Gasteiger partial charge is 0.457 e. The van der Waals surface area contributed by atoms with Crippen LogP contribution < -0.4 is 20.1 Å². The molecule has 5 aromatic rings. The fraction of sp³-hybridized carbons (Fsp3) is 0.209. The summed E-state index contributed by atoms with van der Waals surface area (Å²) in [6.45, 7) is 0.949. The van der Waals surface area contributed by atoms with E-state index in [2.05, 4.69) is 10.6 Å². The van der Waals surface area contributed by atoms with Crippen molar-refractivity contribution < 1.29 is 38.1 Å². The number of esters is 1. The van der Waals surface area contributed by atoms with Crippen LogP contribution in [-0.4, -0.2) is 43.3 Å². The zero-order valence-electron chi connectivity index (χ0n) is 29.3. The van der Waals surface area contributed by atoms with Crippen LogP contribution in [0.4, 0.5) is 4.79 Å². The maximum Gasteiger partial charge on any atom is 0.408 e. The van der Waals surface area contributed by atoms with Crippen LogP contribution in [0.5, 0.6) is 11.5 Å². The zero-order valence-corrected chi connectivity index (χ0v) is 29.3. The standard InChI is InChI=1S/C43H40N2O8/c1-43(45-42(49)50-27-31-16-8-3-9-17-31,41(48)51-28-44-40(47)34(22-23-46)24-30-14-6-2-7-15-30)26-35-25-36-37(32-18-10-4-11-19-32)38(39(35)53-29-52-36)33-20-12-5-13-21-33/h2-21,23,25,34H,22,24,26-29H2,1H3,(H,44,47)(H,45,49)/t34?,43-/m0/s1. The Morgan fingerprint density at radius 1 is 0.774 bits per heavy atom. The highest BCUT2D eigenvalue weighted by molar-refractivity contribution is 5.93. The molecule has 2 heterocycles. The summed E-state index contributed by atoms with van der Waals surface area (Å²) in [7, 11) is 0. The van der Waals surface area contributed by atoms with E-state index in [0.717, 1.165) is 33.4 Å². The normalized spacial score (nSPS) is 13.2. The maximum absolute atomic E-state index is 14.0. The van der Waals surface area contributed by atoms with E-state index in [9.17, 15) is 19.2 Å². The van der Waals surface area contributed by atoms with Crippen LogP contribution in [-0.2, 0) is 43.3 Å². The Balaban J connectivity index is 1.28. The summed E-state index contributed by atoms with van der Waals surface area (Å²) < 4.78 is 23.5. The van der Waals surface area contributed by atoms with E-state index >= 15 is 0 Å². The van der Waals surface area contributed by atoms with Crippen molar-refractivity contribution in [2.75, 3.05) is 13.5 Å². The van der Waals surface area contributed by atoms with Crippen molar-refractivity contribution in [3.8, 4) is 33.8 Å². The molecule has 0 fully saturated rings. The zero-order chi connectivity index (χ0) is 37.0. The highest BCUT2D eigenvalue weighted by Crippen LogP contribution is 2.49. The van der Waals surface area contributed by atoms with Crippen LogP contribution in [0.25, 0.3) is 22.3 Å². The van der Waals surface area contributed by atoms with Gasteiger partial charge in [-0.15, -0.1) is 0 Å². The first-order valence-electron chi connectivity index (χ1n) is 17.3. The lowest BCUT2D eigenvalue weighted by atomic mass is 9.86. The molecule has 2 aliphatic heterocycles. The number of hydrogen-bond donors (Lipinski definition) is 2. The lowest BCUT2D eigenvalue weighted by molar-refractivity contribution is -0.152. The molecular formula is C43H40N2O8. The van der Waals surface area contributed by atoms with Crippen molar-refractivity contribution in [1.29, 1.82) is 0 Å². The molecule has 2 bridgehead atoms. The van der Waals surface area contributed by atoms with Crippen LogP contribution in [0.15, 0.2) is 127 Å². The molecule has 2 N–H and O–H groups in total. The Kier molecular flexibility index (Phi) is 11.8. The molecule has 53 heavy (non-hydrogen) atoms. The number of carbonyl (C=O) groups is 4. The molecule has 10 heteroatoms. The third-order valence-electron chi connectivity index (χ3n) is 8.97. The van der Waals surface area contributed by atoms with Gasteiger partial charge in [-0.1, -0.05) is 121 Å². The molecule has 2 atom stereocenters. The fourth-order valence-electron chi connectivity index (χ4n) is 6.33. The SMILES string of the molecule is C[C@@](Cc1cc2c(-c3ccccc3)c(-c3ccccc3)c1OCO2)(NC(=O)OCc1ccccc1)C(=O)OCNC(=O)C(CC=O)Cc1ccccc1. The van der Waals surface area contributed by atoms with E-state index in [-0.39, 0.29) is 26.2 Å². The second kappa shape index (κ2) is 17.2. The summed E-state index contributed by atoms with van der Waals surface area (Å²) in [6.07, 6.45) is 0.101. The summed E-state index contributed by atoms with van der Waals surface area (Å²) in [4.78, 5) is 51.9. The van der Waals surface area contributed by atoms with E-state index in [4.69, 9.17) is 18.9 Å². The van der Waals surface area contributed by atoms with E-state index in [1.54, 1.807) is 0 Å². The third-order valence-corrected chi connectivity index (χ3v) is 8.97. The van der Waals surface area contributed by atoms with Gasteiger partial charge in [-0.2, -0.15) is 0 Å². The van der Waals surface area contributed by atoms with Crippen molar-refractivity contribution in [3.05, 3.63) is 144 Å². The molecule has 0 aromatic heterocycles. The average molecular weight is 713 g/mol. The molecule has 2 aliphatic rings. The Labute approximate surface area is 308 Å². The number of amides is 2. The highest BCUT2D eigenvalue weighted by atomic mass is 16.7. The summed E-state index contributed by atoms with van der Waals surface area (Å²) in [6, 6.07) is 39.8. The van der Waals surface area contributed by atoms with E-state index in [1.807, 2.05) is 127 Å². The van der Waals surface area contributed by atoms with Gasteiger partial charge in [0.25, 0.3) is 0 Å². The summed E-state index contributed by atoms with van der Waals surface area (Å²) in [5, 5.41) is 5.35. The van der Waals surface area contributed by atoms with Gasteiger partial charge in [0.1, 0.15) is 29.9 Å². The minimum absolute atomic E-state index is 0.00287. The molecule has 270 valence electrons. The maximum atomic E-state index is 14.0. The van der Waals surface area contributed by atoms with Crippen molar-refractivity contribution >= 4 is 24.3 Å². The molecule has 2 amide bonds. The van der Waals surface area contributed by atoms with Crippen molar-refractivity contribution in [1.82, 2.24) is 10.6 Å². The smallest absolute Gasteiger partial charge is 0.408 e. The van der Waals surface area contributed by atoms with Gasteiger partial charge in [-0.3, -0.25) is 4.79 Å².